The highest BCUT2D eigenvalue weighted by atomic mass is 35.5. The van der Waals surface area contributed by atoms with Crippen molar-refractivity contribution < 1.29 is 18.3 Å². The lowest BCUT2D eigenvalue weighted by molar-refractivity contribution is -0.168. The predicted octanol–water partition coefficient (Wildman–Crippen LogP) is 3.13. The van der Waals surface area contributed by atoms with Crippen LogP contribution in [0.25, 0.3) is 0 Å². The van der Waals surface area contributed by atoms with Crippen LogP contribution >= 0.6 is 12.4 Å². The number of hydrogen-bond acceptors (Lipinski definition) is 2. The molecule has 104 valence electrons. The van der Waals surface area contributed by atoms with Crippen LogP contribution in [-0.4, -0.2) is 10.7 Å². The number of halogens is 4. The molecular weight excluding hydrogens is 267 g/mol. The molecule has 0 bridgehead atoms. The Morgan fingerprint density at radius 1 is 1.28 bits per heavy atom. The summed E-state index contributed by atoms with van der Waals surface area (Å²) < 4.78 is 41.0. The quantitative estimate of drug-likeness (QED) is 0.895. The number of nitrogens with two attached hydrogens (primary N) is 1. The second-order valence-electron chi connectivity index (χ2n) is 4.66. The van der Waals surface area contributed by atoms with Crippen LogP contribution in [0.3, 0.4) is 0 Å². The minimum Gasteiger partial charge on any atom is -0.384 e. The Balaban J connectivity index is 0.00000289. The lowest BCUT2D eigenvalue weighted by Crippen LogP contribution is -2.40. The summed E-state index contributed by atoms with van der Waals surface area (Å²) in [7, 11) is 0. The molecule has 0 radical (unpaired) electrons. The van der Waals surface area contributed by atoms with Crippen LogP contribution in [0.15, 0.2) is 18.2 Å². The number of hydrogen-bond donors (Lipinski definition) is 2. The van der Waals surface area contributed by atoms with E-state index in [0.29, 0.717) is 0 Å². The van der Waals surface area contributed by atoms with E-state index in [9.17, 15) is 18.3 Å². The van der Waals surface area contributed by atoms with E-state index in [1.165, 1.54) is 6.92 Å². The molecule has 0 unspecified atom stereocenters. The van der Waals surface area contributed by atoms with Crippen LogP contribution in [0.5, 0.6) is 0 Å². The summed E-state index contributed by atoms with van der Waals surface area (Å²) in [5.74, 6) is -4.10. The summed E-state index contributed by atoms with van der Waals surface area (Å²) in [5, 5.41) is 9.42. The average Bonchev–Trinajstić information content (AvgIpc) is 2.15. The molecule has 0 aromatic heterocycles. The highest BCUT2D eigenvalue weighted by Crippen LogP contribution is 2.39. The van der Waals surface area contributed by atoms with Crippen LogP contribution in [0.2, 0.25) is 0 Å². The maximum absolute atomic E-state index is 13.8. The molecule has 0 spiro atoms. The van der Waals surface area contributed by atoms with Gasteiger partial charge < -0.3 is 10.8 Å². The molecule has 3 N–H and O–H groups in total. The first-order valence-corrected chi connectivity index (χ1v) is 5.23. The molecule has 0 saturated carbocycles. The van der Waals surface area contributed by atoms with Crippen molar-refractivity contribution in [2.75, 3.05) is 0 Å². The van der Waals surface area contributed by atoms with Gasteiger partial charge in [0.25, 0.3) is 0 Å². The maximum Gasteiger partial charge on any atom is 0.300 e. The Hall–Kier alpha value is -0.780. The molecule has 6 heteroatoms. The second-order valence-corrected chi connectivity index (χ2v) is 4.66. The van der Waals surface area contributed by atoms with Gasteiger partial charge in [0.1, 0.15) is 11.4 Å². The van der Waals surface area contributed by atoms with Crippen LogP contribution < -0.4 is 5.73 Å². The number of aliphatic hydroxyl groups is 1. The van der Waals surface area contributed by atoms with E-state index in [1.54, 1.807) is 0 Å². The molecule has 2 nitrogen and oxygen atoms in total. The molecular formula is C12H17ClF3NO. The van der Waals surface area contributed by atoms with Gasteiger partial charge in [0, 0.05) is 17.2 Å². The Morgan fingerprint density at radius 3 is 2.17 bits per heavy atom. The van der Waals surface area contributed by atoms with E-state index >= 15 is 0 Å². The highest BCUT2D eigenvalue weighted by Gasteiger charge is 2.47. The maximum atomic E-state index is 13.8. The fourth-order valence-corrected chi connectivity index (χ4v) is 1.44. The molecule has 1 rings (SSSR count). The minimum absolute atomic E-state index is 0. The third-order valence-electron chi connectivity index (χ3n) is 2.62. The zero-order valence-electron chi connectivity index (χ0n) is 10.4. The normalized spacial score (nSPS) is 14.0. The van der Waals surface area contributed by atoms with Gasteiger partial charge in [-0.15, -0.1) is 12.4 Å². The van der Waals surface area contributed by atoms with Gasteiger partial charge in [-0.05, 0) is 32.9 Å². The van der Waals surface area contributed by atoms with Gasteiger partial charge in [-0.2, -0.15) is 8.78 Å². The predicted molar refractivity (Wildman–Crippen MR) is 66.4 cm³/mol. The van der Waals surface area contributed by atoms with Crippen molar-refractivity contribution in [2.24, 2.45) is 5.73 Å². The molecule has 0 saturated heterocycles. The summed E-state index contributed by atoms with van der Waals surface area (Å²) in [6, 6.07) is 2.21. The lowest BCUT2D eigenvalue weighted by Gasteiger charge is -2.29. The third-order valence-corrected chi connectivity index (χ3v) is 2.62. The summed E-state index contributed by atoms with van der Waals surface area (Å²) in [4.78, 5) is 0. The molecule has 0 fully saturated rings. The van der Waals surface area contributed by atoms with Crippen molar-refractivity contribution in [2.45, 2.75) is 38.3 Å². The molecule has 0 heterocycles. The Morgan fingerprint density at radius 2 is 1.78 bits per heavy atom. The van der Waals surface area contributed by atoms with Gasteiger partial charge in [-0.3, -0.25) is 0 Å². The smallest absolute Gasteiger partial charge is 0.300 e. The van der Waals surface area contributed by atoms with Crippen molar-refractivity contribution >= 4 is 12.4 Å². The van der Waals surface area contributed by atoms with Crippen LogP contribution in [-0.2, 0) is 5.92 Å². The highest BCUT2D eigenvalue weighted by molar-refractivity contribution is 5.85. The second kappa shape index (κ2) is 5.47. The largest absolute Gasteiger partial charge is 0.384 e. The van der Waals surface area contributed by atoms with Gasteiger partial charge in [0.15, 0.2) is 0 Å². The first kappa shape index (κ1) is 17.2. The van der Waals surface area contributed by atoms with Gasteiger partial charge in [-0.1, -0.05) is 6.07 Å². The van der Waals surface area contributed by atoms with Crippen LogP contribution in [0.1, 0.15) is 37.9 Å². The zero-order valence-corrected chi connectivity index (χ0v) is 11.2. The van der Waals surface area contributed by atoms with E-state index in [1.807, 2.05) is 0 Å². The first-order chi connectivity index (χ1) is 7.57. The summed E-state index contributed by atoms with van der Waals surface area (Å²) in [6.07, 6.45) is 0. The number of rotatable bonds is 3. The van der Waals surface area contributed by atoms with E-state index in [-0.39, 0.29) is 18.0 Å². The SMILES string of the molecule is C[C@@H](N)c1cc(C(F)(F)C(C)(C)O)ccc1F.Cl. The summed E-state index contributed by atoms with van der Waals surface area (Å²) in [6.45, 7) is 3.51. The average molecular weight is 284 g/mol. The molecule has 18 heavy (non-hydrogen) atoms. The van der Waals surface area contributed by atoms with E-state index in [4.69, 9.17) is 5.73 Å². The lowest BCUT2D eigenvalue weighted by atomic mass is 9.91. The summed E-state index contributed by atoms with van der Waals surface area (Å²) in [5.41, 5.74) is 2.83. The van der Waals surface area contributed by atoms with Crippen molar-refractivity contribution in [3.63, 3.8) is 0 Å². The fraction of sp³-hybridized carbons (Fsp3) is 0.500. The standard InChI is InChI=1S/C12H16F3NO.ClH/c1-7(16)9-6-8(4-5-10(9)13)12(14,15)11(2,3)17;/h4-7,17H,16H2,1-3H3;1H/t7-;/m1./s1. The van der Waals surface area contributed by atoms with Crippen molar-refractivity contribution in [1.82, 2.24) is 0 Å². The van der Waals surface area contributed by atoms with Gasteiger partial charge in [-0.25, -0.2) is 4.39 Å². The molecule has 1 aromatic rings. The van der Waals surface area contributed by atoms with Crippen molar-refractivity contribution in [3.8, 4) is 0 Å². The first-order valence-electron chi connectivity index (χ1n) is 5.23. The Labute approximate surface area is 110 Å². The molecule has 0 aliphatic rings. The van der Waals surface area contributed by atoms with Crippen molar-refractivity contribution in [1.29, 1.82) is 0 Å². The molecule has 0 aliphatic carbocycles. The topological polar surface area (TPSA) is 46.2 Å². The Kier molecular flexibility index (Phi) is 5.23. The van der Waals surface area contributed by atoms with Crippen molar-refractivity contribution in [3.05, 3.63) is 35.1 Å². The van der Waals surface area contributed by atoms with E-state index < -0.39 is 28.9 Å². The van der Waals surface area contributed by atoms with E-state index in [2.05, 4.69) is 0 Å². The zero-order chi connectivity index (χ0) is 13.4. The van der Waals surface area contributed by atoms with Gasteiger partial charge in [0.05, 0.1) is 0 Å². The third kappa shape index (κ3) is 3.16. The number of benzene rings is 1. The van der Waals surface area contributed by atoms with Gasteiger partial charge >= 0.3 is 5.92 Å². The molecule has 0 aliphatic heterocycles. The van der Waals surface area contributed by atoms with Crippen LogP contribution in [0.4, 0.5) is 13.2 Å². The van der Waals surface area contributed by atoms with E-state index in [0.717, 1.165) is 32.0 Å². The van der Waals surface area contributed by atoms with Gasteiger partial charge in [0.2, 0.25) is 0 Å². The Bertz CT molecular complexity index is 416. The monoisotopic (exact) mass is 283 g/mol. The molecule has 1 atom stereocenters. The number of alkyl halides is 2. The van der Waals surface area contributed by atoms with Crippen LogP contribution in [0, 0.1) is 5.82 Å². The minimum atomic E-state index is -3.47. The molecule has 1 aromatic carbocycles. The fourth-order valence-electron chi connectivity index (χ4n) is 1.44. The molecule has 0 amide bonds. The summed E-state index contributed by atoms with van der Waals surface area (Å²) >= 11 is 0.